The third-order valence-electron chi connectivity index (χ3n) is 5.60. The van der Waals surface area contributed by atoms with E-state index in [2.05, 4.69) is 14.9 Å². The number of nitrogens with zero attached hydrogens (tertiary/aromatic N) is 4. The summed E-state index contributed by atoms with van der Waals surface area (Å²) in [4.78, 5) is 25.7. The number of ether oxygens (including phenoxy) is 1. The lowest BCUT2D eigenvalue weighted by atomic mass is 9.96. The molecule has 0 N–H and O–H groups in total. The average molecular weight is 447 g/mol. The lowest BCUT2D eigenvalue weighted by Gasteiger charge is -2.31. The summed E-state index contributed by atoms with van der Waals surface area (Å²) >= 11 is 12.3. The molecule has 2 aromatic rings. The maximum atomic E-state index is 12.9. The number of hydrogen-bond acceptors (Lipinski definition) is 5. The molecular weight excluding hydrogens is 423 g/mol. The molecule has 3 heterocycles. The number of hydrogen-bond donors (Lipinski definition) is 0. The second-order valence-electron chi connectivity index (χ2n) is 7.59. The predicted molar refractivity (Wildman–Crippen MR) is 117 cm³/mol. The number of halogens is 2. The van der Waals surface area contributed by atoms with E-state index >= 15 is 0 Å². The summed E-state index contributed by atoms with van der Waals surface area (Å²) in [6, 6.07) is 6.85. The van der Waals surface area contributed by atoms with Crippen molar-refractivity contribution in [1.82, 2.24) is 19.8 Å². The highest BCUT2D eigenvalue weighted by atomic mass is 35.5. The minimum Gasteiger partial charge on any atom is -0.461 e. The van der Waals surface area contributed by atoms with Gasteiger partial charge in [0.15, 0.2) is 0 Å². The van der Waals surface area contributed by atoms with E-state index in [1.165, 1.54) is 6.26 Å². The molecule has 30 heavy (non-hydrogen) atoms. The second kappa shape index (κ2) is 9.77. The van der Waals surface area contributed by atoms with Crippen molar-refractivity contribution in [2.75, 3.05) is 26.2 Å². The minimum atomic E-state index is -0.163. The highest BCUT2D eigenvalue weighted by molar-refractivity contribution is 6.31. The van der Waals surface area contributed by atoms with Gasteiger partial charge >= 0.3 is 0 Å². The summed E-state index contributed by atoms with van der Waals surface area (Å²) in [7, 11) is 0. The number of benzene rings is 1. The number of carbonyl (C=O) groups excluding carboxylic acids is 1. The largest absolute Gasteiger partial charge is 0.461 e. The van der Waals surface area contributed by atoms with Crippen molar-refractivity contribution >= 4 is 29.1 Å². The van der Waals surface area contributed by atoms with Gasteiger partial charge < -0.3 is 9.64 Å². The maximum Gasteiger partial charge on any atom is 0.262 e. The van der Waals surface area contributed by atoms with E-state index in [1.54, 1.807) is 23.1 Å². The zero-order chi connectivity index (χ0) is 20.9. The first-order chi connectivity index (χ1) is 14.6. The first-order valence-electron chi connectivity index (χ1n) is 10.2. The van der Waals surface area contributed by atoms with Gasteiger partial charge in [-0.2, -0.15) is 0 Å². The number of rotatable bonds is 6. The fourth-order valence-electron chi connectivity index (χ4n) is 3.94. The van der Waals surface area contributed by atoms with Crippen molar-refractivity contribution in [3.63, 3.8) is 0 Å². The van der Waals surface area contributed by atoms with Gasteiger partial charge in [0.2, 0.25) is 0 Å². The summed E-state index contributed by atoms with van der Waals surface area (Å²) in [5, 5.41) is 0.804. The van der Waals surface area contributed by atoms with Crippen LogP contribution in [0.5, 0.6) is 5.75 Å². The second-order valence-corrected chi connectivity index (χ2v) is 8.41. The minimum absolute atomic E-state index is 0.163. The van der Waals surface area contributed by atoms with Crippen LogP contribution >= 0.6 is 23.2 Å². The van der Waals surface area contributed by atoms with Gasteiger partial charge in [-0.3, -0.25) is 9.69 Å². The van der Waals surface area contributed by atoms with E-state index in [4.69, 9.17) is 27.9 Å². The Morgan fingerprint density at radius 2 is 1.80 bits per heavy atom. The normalized spacial score (nSPS) is 17.9. The van der Waals surface area contributed by atoms with Gasteiger partial charge in [-0.1, -0.05) is 23.2 Å². The summed E-state index contributed by atoms with van der Waals surface area (Å²) in [5.74, 6) is 1.68. The number of amides is 1. The number of piperidine rings is 1. The highest BCUT2D eigenvalue weighted by Crippen LogP contribution is 2.30. The van der Waals surface area contributed by atoms with Crippen LogP contribution in [0, 0.1) is 0 Å². The predicted octanol–water partition coefficient (Wildman–Crippen LogP) is 4.66. The van der Waals surface area contributed by atoms with Crippen LogP contribution in [0.4, 0.5) is 0 Å². The van der Waals surface area contributed by atoms with Crippen LogP contribution in [-0.4, -0.2) is 51.9 Å². The van der Waals surface area contributed by atoms with Crippen LogP contribution in [0.1, 0.15) is 47.8 Å². The van der Waals surface area contributed by atoms with Crippen molar-refractivity contribution in [3.8, 4) is 5.75 Å². The van der Waals surface area contributed by atoms with E-state index in [0.29, 0.717) is 28.8 Å². The van der Waals surface area contributed by atoms with Crippen molar-refractivity contribution < 1.29 is 9.53 Å². The van der Waals surface area contributed by atoms with E-state index in [9.17, 15) is 4.79 Å². The van der Waals surface area contributed by atoms with Gasteiger partial charge in [-0.05, 0) is 63.5 Å². The molecular formula is C22H24Cl2N4O2. The molecule has 158 valence electrons. The Labute approximate surface area is 186 Å². The molecule has 0 aliphatic carbocycles. The standard InChI is InChI=1S/C22H24Cl2N4O2/c23-17-4-5-18-19(14-17)30-15-20(24)28(22(18)29)11-2-1-10-27-12-6-16(7-13-27)21-25-8-3-9-26-21/h3-5,8-9,14-16H,1-2,6-7,10-13H2. The topological polar surface area (TPSA) is 58.6 Å². The molecule has 0 saturated carbocycles. The van der Waals surface area contributed by atoms with Gasteiger partial charge in [0.25, 0.3) is 5.91 Å². The molecule has 0 unspecified atom stereocenters. The third-order valence-corrected chi connectivity index (χ3v) is 6.13. The zero-order valence-electron chi connectivity index (χ0n) is 16.6. The zero-order valence-corrected chi connectivity index (χ0v) is 18.1. The smallest absolute Gasteiger partial charge is 0.262 e. The van der Waals surface area contributed by atoms with Crippen LogP contribution in [0.2, 0.25) is 5.02 Å². The number of fused-ring (bicyclic) bond motifs is 1. The molecule has 2 aliphatic heterocycles. The molecule has 1 amide bonds. The number of carbonyl (C=O) groups is 1. The molecule has 6 nitrogen and oxygen atoms in total. The molecule has 1 saturated heterocycles. The fourth-order valence-corrected chi connectivity index (χ4v) is 4.31. The number of likely N-dealkylation sites (tertiary alicyclic amines) is 1. The Balaban J connectivity index is 1.24. The molecule has 1 aromatic carbocycles. The van der Waals surface area contributed by atoms with Gasteiger partial charge in [0, 0.05) is 35.9 Å². The number of unbranched alkanes of at least 4 members (excludes halogenated alkanes) is 1. The molecule has 0 spiro atoms. The summed E-state index contributed by atoms with van der Waals surface area (Å²) < 4.78 is 5.53. The lowest BCUT2D eigenvalue weighted by molar-refractivity contribution is 0.0814. The Morgan fingerprint density at radius 3 is 2.57 bits per heavy atom. The van der Waals surface area contributed by atoms with Crippen LogP contribution in [-0.2, 0) is 0 Å². The first kappa shape index (κ1) is 21.1. The molecule has 1 aromatic heterocycles. The molecule has 0 bridgehead atoms. The number of aromatic nitrogens is 2. The molecule has 0 atom stereocenters. The summed E-state index contributed by atoms with van der Waals surface area (Å²) in [6.45, 7) is 3.66. The van der Waals surface area contributed by atoms with Crippen LogP contribution in [0.3, 0.4) is 0 Å². The average Bonchev–Trinajstić information content (AvgIpc) is 2.89. The third kappa shape index (κ3) is 4.94. The van der Waals surface area contributed by atoms with Crippen LogP contribution in [0.15, 0.2) is 48.1 Å². The van der Waals surface area contributed by atoms with E-state index < -0.39 is 0 Å². The van der Waals surface area contributed by atoms with Crippen molar-refractivity contribution in [3.05, 3.63) is 64.5 Å². The first-order valence-corrected chi connectivity index (χ1v) is 11.0. The van der Waals surface area contributed by atoms with E-state index in [0.717, 1.165) is 51.1 Å². The van der Waals surface area contributed by atoms with Crippen molar-refractivity contribution in [2.24, 2.45) is 0 Å². The van der Waals surface area contributed by atoms with Gasteiger partial charge in [0.1, 0.15) is 23.0 Å². The molecule has 0 radical (unpaired) electrons. The Bertz CT molecular complexity index is 915. The van der Waals surface area contributed by atoms with Gasteiger partial charge in [0.05, 0.1) is 5.56 Å². The summed E-state index contributed by atoms with van der Waals surface area (Å²) in [6.07, 6.45) is 9.06. The van der Waals surface area contributed by atoms with Crippen LogP contribution < -0.4 is 4.74 Å². The lowest BCUT2D eigenvalue weighted by Crippen LogP contribution is -2.35. The molecule has 2 aliphatic rings. The monoisotopic (exact) mass is 446 g/mol. The Hall–Kier alpha value is -2.15. The maximum absolute atomic E-state index is 12.9. The van der Waals surface area contributed by atoms with Crippen LogP contribution in [0.25, 0.3) is 0 Å². The highest BCUT2D eigenvalue weighted by Gasteiger charge is 2.26. The van der Waals surface area contributed by atoms with Gasteiger partial charge in [-0.25, -0.2) is 9.97 Å². The van der Waals surface area contributed by atoms with E-state index in [1.807, 2.05) is 18.5 Å². The molecule has 4 rings (SSSR count). The Morgan fingerprint density at radius 1 is 1.07 bits per heavy atom. The fraction of sp³-hybridized carbons (Fsp3) is 0.409. The summed E-state index contributed by atoms with van der Waals surface area (Å²) in [5.41, 5.74) is 0.469. The van der Waals surface area contributed by atoms with E-state index in [-0.39, 0.29) is 11.1 Å². The van der Waals surface area contributed by atoms with Crippen molar-refractivity contribution in [1.29, 1.82) is 0 Å². The SMILES string of the molecule is O=C1c2ccc(Cl)cc2OC=C(Cl)N1CCCCN1CCC(c2ncccn2)CC1. The molecule has 8 heteroatoms. The quantitative estimate of drug-likeness (QED) is 0.476. The van der Waals surface area contributed by atoms with Gasteiger partial charge in [-0.15, -0.1) is 0 Å². The van der Waals surface area contributed by atoms with Crippen molar-refractivity contribution in [2.45, 2.75) is 31.6 Å². The molecule has 1 fully saturated rings. The Kier molecular flexibility index (Phi) is 6.87.